The quantitative estimate of drug-likeness (QED) is 0.658. The Morgan fingerprint density at radius 2 is 2.00 bits per heavy atom. The highest BCUT2D eigenvalue weighted by molar-refractivity contribution is 5.42. The van der Waals surface area contributed by atoms with Crippen LogP contribution in [0.5, 0.6) is 0 Å². The molecule has 0 radical (unpaired) electrons. The maximum atomic E-state index is 12.7. The molecule has 0 saturated heterocycles. The van der Waals surface area contributed by atoms with Crippen molar-refractivity contribution in [2.75, 3.05) is 0 Å². The molecule has 0 saturated carbocycles. The molecule has 0 spiro atoms. The lowest BCUT2D eigenvalue weighted by Crippen LogP contribution is -2.22. The monoisotopic (exact) mass is 255 g/mol. The SMILES string of the molecule is CCC1=CCCC(C)=C2C=CC(C(F)(F)F)=CN12. The van der Waals surface area contributed by atoms with E-state index in [0.29, 0.717) is 0 Å². The highest BCUT2D eigenvalue weighted by Gasteiger charge is 2.34. The molecule has 0 bridgehead atoms. The number of nitrogens with zero attached hydrogens (tertiary/aromatic N) is 1. The zero-order chi connectivity index (χ0) is 13.3. The minimum absolute atomic E-state index is 0.597. The fourth-order valence-corrected chi connectivity index (χ4v) is 2.25. The van der Waals surface area contributed by atoms with Gasteiger partial charge in [0.25, 0.3) is 0 Å². The number of hydrogen-bond donors (Lipinski definition) is 0. The standard InChI is InChI=1S/C14H16F3N/c1-3-12-6-4-5-10(2)13-8-7-11(9-18(12)13)14(15,16)17/h6-9H,3-5H2,1-2H3. The Morgan fingerprint density at radius 3 is 2.61 bits per heavy atom. The predicted molar refractivity (Wildman–Crippen MR) is 65.4 cm³/mol. The van der Waals surface area contributed by atoms with Gasteiger partial charge < -0.3 is 4.90 Å². The molecule has 1 nitrogen and oxygen atoms in total. The van der Waals surface area contributed by atoms with Crippen molar-refractivity contribution in [1.29, 1.82) is 0 Å². The van der Waals surface area contributed by atoms with Crippen LogP contribution < -0.4 is 0 Å². The van der Waals surface area contributed by atoms with E-state index in [1.54, 1.807) is 11.0 Å². The first kappa shape index (κ1) is 13.0. The summed E-state index contributed by atoms with van der Waals surface area (Å²) in [5, 5.41) is 0. The average molecular weight is 255 g/mol. The van der Waals surface area contributed by atoms with Gasteiger partial charge in [-0.25, -0.2) is 0 Å². The Morgan fingerprint density at radius 1 is 1.28 bits per heavy atom. The molecule has 0 fully saturated rings. The van der Waals surface area contributed by atoms with Crippen molar-refractivity contribution in [3.8, 4) is 0 Å². The summed E-state index contributed by atoms with van der Waals surface area (Å²) in [5.41, 5.74) is 2.35. The van der Waals surface area contributed by atoms with Gasteiger partial charge in [0.15, 0.2) is 0 Å². The largest absolute Gasteiger partial charge is 0.417 e. The Balaban J connectivity index is 2.46. The second-order valence-electron chi connectivity index (χ2n) is 4.54. The number of fused-ring (bicyclic) bond motifs is 1. The molecule has 0 unspecified atom stereocenters. The van der Waals surface area contributed by atoms with E-state index in [9.17, 15) is 13.2 Å². The van der Waals surface area contributed by atoms with E-state index >= 15 is 0 Å². The molecule has 0 amide bonds. The zero-order valence-corrected chi connectivity index (χ0v) is 10.5. The van der Waals surface area contributed by atoms with Crippen molar-refractivity contribution in [2.24, 2.45) is 0 Å². The molecule has 18 heavy (non-hydrogen) atoms. The van der Waals surface area contributed by atoms with Crippen molar-refractivity contribution < 1.29 is 13.2 Å². The van der Waals surface area contributed by atoms with Crippen LogP contribution in [0.4, 0.5) is 13.2 Å². The third-order valence-electron chi connectivity index (χ3n) is 3.28. The van der Waals surface area contributed by atoms with Crippen molar-refractivity contribution in [1.82, 2.24) is 4.90 Å². The van der Waals surface area contributed by atoms with Crippen LogP contribution in [-0.2, 0) is 0 Å². The van der Waals surface area contributed by atoms with E-state index in [1.165, 1.54) is 6.20 Å². The summed E-state index contributed by atoms with van der Waals surface area (Å²) in [4.78, 5) is 1.69. The fourth-order valence-electron chi connectivity index (χ4n) is 2.25. The number of halogens is 3. The smallest absolute Gasteiger partial charge is 0.321 e. The number of rotatable bonds is 1. The molecular formula is C14H16F3N. The molecular weight excluding hydrogens is 239 g/mol. The third kappa shape index (κ3) is 2.37. The molecule has 98 valence electrons. The number of alkyl halides is 3. The molecule has 0 aromatic rings. The van der Waals surface area contributed by atoms with Crippen molar-refractivity contribution >= 4 is 0 Å². The molecule has 0 aromatic heterocycles. The first-order valence-electron chi connectivity index (χ1n) is 6.08. The topological polar surface area (TPSA) is 3.24 Å². The van der Waals surface area contributed by atoms with Crippen LogP contribution in [-0.4, -0.2) is 11.1 Å². The van der Waals surface area contributed by atoms with Crippen molar-refractivity contribution in [2.45, 2.75) is 39.3 Å². The summed E-state index contributed by atoms with van der Waals surface area (Å²) >= 11 is 0. The second-order valence-corrected chi connectivity index (χ2v) is 4.54. The summed E-state index contributed by atoms with van der Waals surface area (Å²) in [7, 11) is 0. The summed E-state index contributed by atoms with van der Waals surface area (Å²) in [6.07, 6.45) is 4.20. The van der Waals surface area contributed by atoms with E-state index in [-0.39, 0.29) is 0 Å². The molecule has 2 rings (SSSR count). The van der Waals surface area contributed by atoms with Gasteiger partial charge in [-0.2, -0.15) is 13.2 Å². The minimum Gasteiger partial charge on any atom is -0.321 e. The van der Waals surface area contributed by atoms with Crippen LogP contribution in [0.2, 0.25) is 0 Å². The second kappa shape index (κ2) is 4.67. The Hall–Kier alpha value is -1.45. The van der Waals surface area contributed by atoms with Crippen LogP contribution in [0.25, 0.3) is 0 Å². The first-order valence-corrected chi connectivity index (χ1v) is 6.08. The van der Waals surface area contributed by atoms with Gasteiger partial charge in [-0.05, 0) is 43.9 Å². The predicted octanol–water partition coefficient (Wildman–Crippen LogP) is 4.67. The molecule has 0 atom stereocenters. The van der Waals surface area contributed by atoms with Crippen LogP contribution in [0.3, 0.4) is 0 Å². The maximum Gasteiger partial charge on any atom is 0.417 e. The molecule has 0 aromatic carbocycles. The Labute approximate surface area is 105 Å². The summed E-state index contributed by atoms with van der Waals surface area (Å²) in [5.74, 6) is 0. The lowest BCUT2D eigenvalue weighted by Gasteiger charge is -2.29. The van der Waals surface area contributed by atoms with Gasteiger partial charge in [0.2, 0.25) is 0 Å². The van der Waals surface area contributed by atoms with Gasteiger partial charge in [-0.1, -0.05) is 13.0 Å². The molecule has 4 heteroatoms. The Kier molecular flexibility index (Phi) is 3.37. The molecule has 0 N–H and O–H groups in total. The number of hydrogen-bond acceptors (Lipinski definition) is 1. The van der Waals surface area contributed by atoms with Gasteiger partial charge in [0.05, 0.1) is 5.57 Å². The normalized spacial score (nSPS) is 20.4. The summed E-state index contributed by atoms with van der Waals surface area (Å²) in [6, 6.07) is 0. The zero-order valence-electron chi connectivity index (χ0n) is 10.5. The van der Waals surface area contributed by atoms with Crippen LogP contribution in [0.1, 0.15) is 33.1 Å². The van der Waals surface area contributed by atoms with Gasteiger partial charge in [0.1, 0.15) is 0 Å². The summed E-state index contributed by atoms with van der Waals surface area (Å²) in [6.45, 7) is 3.94. The van der Waals surface area contributed by atoms with Crippen molar-refractivity contribution in [3.63, 3.8) is 0 Å². The molecule has 2 heterocycles. The fraction of sp³-hybridized carbons (Fsp3) is 0.429. The highest BCUT2D eigenvalue weighted by atomic mass is 19.4. The van der Waals surface area contributed by atoms with Gasteiger partial charge in [0, 0.05) is 17.6 Å². The van der Waals surface area contributed by atoms with E-state index in [4.69, 9.17) is 0 Å². The Bertz CT molecular complexity index is 464. The first-order chi connectivity index (χ1) is 8.43. The van der Waals surface area contributed by atoms with E-state index < -0.39 is 11.7 Å². The third-order valence-corrected chi connectivity index (χ3v) is 3.28. The lowest BCUT2D eigenvalue weighted by molar-refractivity contribution is -0.0892. The lowest BCUT2D eigenvalue weighted by atomic mass is 10.1. The van der Waals surface area contributed by atoms with Crippen LogP contribution in [0.15, 0.2) is 47.0 Å². The van der Waals surface area contributed by atoms with Crippen molar-refractivity contribution in [3.05, 3.63) is 47.0 Å². The van der Waals surface area contributed by atoms with Crippen LogP contribution in [0, 0.1) is 0 Å². The average Bonchev–Trinajstić information content (AvgIpc) is 2.47. The molecule has 2 aliphatic heterocycles. The molecule has 0 aliphatic carbocycles. The van der Waals surface area contributed by atoms with E-state index in [0.717, 1.165) is 42.3 Å². The highest BCUT2D eigenvalue weighted by Crippen LogP contribution is 2.36. The minimum atomic E-state index is -4.29. The molecule has 2 aliphatic rings. The van der Waals surface area contributed by atoms with E-state index in [1.807, 2.05) is 19.9 Å². The maximum absolute atomic E-state index is 12.7. The number of allylic oxidation sites excluding steroid dienone is 6. The van der Waals surface area contributed by atoms with Crippen LogP contribution >= 0.6 is 0 Å². The van der Waals surface area contributed by atoms with Gasteiger partial charge >= 0.3 is 6.18 Å². The van der Waals surface area contributed by atoms with Gasteiger partial charge in [-0.15, -0.1) is 0 Å². The summed E-state index contributed by atoms with van der Waals surface area (Å²) < 4.78 is 38.2. The van der Waals surface area contributed by atoms with Gasteiger partial charge in [-0.3, -0.25) is 0 Å². The van der Waals surface area contributed by atoms with E-state index in [2.05, 4.69) is 0 Å².